The molecule has 0 aliphatic heterocycles. The lowest BCUT2D eigenvalue weighted by Gasteiger charge is -2.09. The van der Waals surface area contributed by atoms with Crippen molar-refractivity contribution in [3.8, 4) is 0 Å². The van der Waals surface area contributed by atoms with Crippen LogP contribution in [0, 0.1) is 20.8 Å². The number of carboxylic acids is 1. The molecule has 2 aromatic rings. The highest BCUT2D eigenvalue weighted by atomic mass is 32.2. The fraction of sp³-hybridized carbons (Fsp3) is 0.385. The molecule has 0 aromatic carbocycles. The van der Waals surface area contributed by atoms with Crippen molar-refractivity contribution < 1.29 is 9.90 Å². The Morgan fingerprint density at radius 3 is 2.70 bits per heavy atom. The van der Waals surface area contributed by atoms with E-state index in [1.807, 2.05) is 17.7 Å². The summed E-state index contributed by atoms with van der Waals surface area (Å²) in [5.41, 5.74) is 0.703. The quantitative estimate of drug-likeness (QED) is 0.671. The van der Waals surface area contributed by atoms with Crippen molar-refractivity contribution in [1.29, 1.82) is 0 Å². The third-order valence-corrected chi connectivity index (χ3v) is 3.83. The van der Waals surface area contributed by atoms with Crippen molar-refractivity contribution in [1.82, 2.24) is 19.5 Å². The summed E-state index contributed by atoms with van der Waals surface area (Å²) in [5, 5.41) is 9.78. The highest BCUT2D eigenvalue weighted by molar-refractivity contribution is 7.99. The number of aromatic nitrogens is 4. The third-order valence-electron chi connectivity index (χ3n) is 2.88. The first-order valence-electron chi connectivity index (χ1n) is 6.18. The highest BCUT2D eigenvalue weighted by Gasteiger charge is 2.17. The topological polar surface area (TPSA) is 80.9 Å². The van der Waals surface area contributed by atoms with Crippen molar-refractivity contribution in [2.24, 2.45) is 0 Å². The predicted octanol–water partition coefficient (Wildman–Crippen LogP) is 2.09. The molecule has 1 N–H and O–H groups in total. The van der Waals surface area contributed by atoms with Crippen LogP contribution in [0.4, 0.5) is 0 Å². The van der Waals surface area contributed by atoms with E-state index in [0.29, 0.717) is 16.5 Å². The van der Waals surface area contributed by atoms with Gasteiger partial charge in [-0.15, -0.1) is 11.8 Å². The zero-order valence-corrected chi connectivity index (χ0v) is 12.4. The number of thioether (sulfide) groups is 1. The molecule has 2 rings (SSSR count). The minimum absolute atomic E-state index is 0.197. The number of hydrogen-bond acceptors (Lipinski definition) is 5. The lowest BCUT2D eigenvalue weighted by Crippen LogP contribution is -2.09. The third kappa shape index (κ3) is 3.16. The molecule has 0 aliphatic rings. The summed E-state index contributed by atoms with van der Waals surface area (Å²) in [4.78, 5) is 23.8. The van der Waals surface area contributed by atoms with E-state index in [2.05, 4.69) is 15.0 Å². The van der Waals surface area contributed by atoms with Crippen molar-refractivity contribution in [2.75, 3.05) is 5.75 Å². The van der Waals surface area contributed by atoms with E-state index in [1.165, 1.54) is 11.8 Å². The van der Waals surface area contributed by atoms with Gasteiger partial charge >= 0.3 is 5.97 Å². The van der Waals surface area contributed by atoms with E-state index in [1.54, 1.807) is 20.0 Å². The van der Waals surface area contributed by atoms with Crippen LogP contribution in [-0.2, 0) is 6.54 Å². The number of nitrogens with zero attached hydrogens (tertiary/aromatic N) is 4. The largest absolute Gasteiger partial charge is 0.478 e. The number of rotatable bonds is 5. The molecule has 106 valence electrons. The minimum atomic E-state index is -0.983. The fourth-order valence-corrected chi connectivity index (χ4v) is 2.97. The fourth-order valence-electron chi connectivity index (χ4n) is 1.91. The van der Waals surface area contributed by atoms with E-state index >= 15 is 0 Å². The van der Waals surface area contributed by atoms with Crippen LogP contribution in [0.25, 0.3) is 0 Å². The molecule has 0 unspecified atom stereocenters. The van der Waals surface area contributed by atoms with Gasteiger partial charge < -0.3 is 9.67 Å². The molecular weight excluding hydrogens is 276 g/mol. The molecule has 0 amide bonds. The van der Waals surface area contributed by atoms with Crippen molar-refractivity contribution in [3.05, 3.63) is 35.3 Å². The molecule has 6 nitrogen and oxygen atoms in total. The second-order valence-electron chi connectivity index (χ2n) is 4.36. The lowest BCUT2D eigenvalue weighted by molar-refractivity contribution is 0.0690. The van der Waals surface area contributed by atoms with Crippen LogP contribution in [0.1, 0.15) is 27.7 Å². The molecule has 7 heteroatoms. The average molecular weight is 292 g/mol. The van der Waals surface area contributed by atoms with Crippen LogP contribution in [-0.4, -0.2) is 36.3 Å². The molecule has 2 aromatic heterocycles. The Bertz CT molecular complexity index is 639. The van der Waals surface area contributed by atoms with Gasteiger partial charge in [0, 0.05) is 24.7 Å². The van der Waals surface area contributed by atoms with Crippen molar-refractivity contribution >= 4 is 17.7 Å². The number of aryl methyl sites for hydroxylation is 4. The zero-order valence-electron chi connectivity index (χ0n) is 11.6. The molecule has 0 bridgehead atoms. The predicted molar refractivity (Wildman–Crippen MR) is 76.2 cm³/mol. The van der Waals surface area contributed by atoms with Gasteiger partial charge in [-0.05, 0) is 20.8 Å². The molecule has 2 heterocycles. The summed E-state index contributed by atoms with van der Waals surface area (Å²) in [6, 6.07) is 0. The standard InChI is InChI=1S/C13H16N4O2S/c1-8-11(13(18)19)12(16-9(2)15-8)20-7-6-17-5-4-14-10(17)3/h4-5H,6-7H2,1-3H3,(H,18,19). The van der Waals surface area contributed by atoms with Crippen molar-refractivity contribution in [2.45, 2.75) is 32.3 Å². The molecule has 0 atom stereocenters. The Balaban J connectivity index is 2.13. The van der Waals surface area contributed by atoms with Gasteiger partial charge in [-0.1, -0.05) is 0 Å². The zero-order chi connectivity index (χ0) is 14.7. The van der Waals surface area contributed by atoms with E-state index in [9.17, 15) is 9.90 Å². The molecule has 0 fully saturated rings. The summed E-state index contributed by atoms with van der Waals surface area (Å²) in [7, 11) is 0. The monoisotopic (exact) mass is 292 g/mol. The average Bonchev–Trinajstić information content (AvgIpc) is 2.73. The molecule has 20 heavy (non-hydrogen) atoms. The summed E-state index contributed by atoms with van der Waals surface area (Å²) >= 11 is 1.43. The Kier molecular flexibility index (Phi) is 4.39. The molecule has 0 radical (unpaired) electrons. The maximum absolute atomic E-state index is 11.3. The van der Waals surface area contributed by atoms with Gasteiger partial charge in [0.05, 0.1) is 5.69 Å². The smallest absolute Gasteiger partial charge is 0.340 e. The summed E-state index contributed by atoms with van der Waals surface area (Å²) in [6.45, 7) is 6.16. The molecule has 0 saturated carbocycles. The van der Waals surface area contributed by atoms with E-state index in [0.717, 1.165) is 18.1 Å². The second kappa shape index (κ2) is 6.04. The van der Waals surface area contributed by atoms with Gasteiger partial charge in [-0.3, -0.25) is 0 Å². The van der Waals surface area contributed by atoms with Gasteiger partial charge in [0.1, 0.15) is 22.2 Å². The molecule has 0 aliphatic carbocycles. The van der Waals surface area contributed by atoms with E-state index in [4.69, 9.17) is 0 Å². The SMILES string of the molecule is Cc1nc(C)c(C(=O)O)c(SCCn2ccnc2C)n1. The van der Waals surface area contributed by atoms with Gasteiger partial charge in [0.2, 0.25) is 0 Å². The number of hydrogen-bond donors (Lipinski definition) is 1. The first kappa shape index (κ1) is 14.5. The second-order valence-corrected chi connectivity index (χ2v) is 5.44. The number of carbonyl (C=O) groups is 1. The molecule has 0 spiro atoms. The maximum Gasteiger partial charge on any atom is 0.340 e. The van der Waals surface area contributed by atoms with Gasteiger partial charge in [0.25, 0.3) is 0 Å². The van der Waals surface area contributed by atoms with E-state index in [-0.39, 0.29) is 5.56 Å². The maximum atomic E-state index is 11.3. The number of aromatic carboxylic acids is 1. The lowest BCUT2D eigenvalue weighted by atomic mass is 10.2. The Morgan fingerprint density at radius 2 is 2.10 bits per heavy atom. The van der Waals surface area contributed by atoms with E-state index < -0.39 is 5.97 Å². The number of imidazole rings is 1. The van der Waals surface area contributed by atoms with Crippen LogP contribution < -0.4 is 0 Å². The highest BCUT2D eigenvalue weighted by Crippen LogP contribution is 2.23. The van der Waals surface area contributed by atoms with Gasteiger partial charge in [-0.2, -0.15) is 0 Å². The summed E-state index contributed by atoms with van der Waals surface area (Å²) in [5.74, 6) is 1.28. The Hall–Kier alpha value is -1.89. The summed E-state index contributed by atoms with van der Waals surface area (Å²) in [6.07, 6.45) is 3.66. The van der Waals surface area contributed by atoms with Crippen LogP contribution in [0.15, 0.2) is 17.4 Å². The Morgan fingerprint density at radius 1 is 1.35 bits per heavy atom. The van der Waals surface area contributed by atoms with Crippen molar-refractivity contribution in [3.63, 3.8) is 0 Å². The van der Waals surface area contributed by atoms with Crippen LogP contribution in [0.2, 0.25) is 0 Å². The number of carboxylic acid groups (broad SMARTS) is 1. The van der Waals surface area contributed by atoms with Crippen LogP contribution >= 0.6 is 11.8 Å². The van der Waals surface area contributed by atoms with Gasteiger partial charge in [-0.25, -0.2) is 19.7 Å². The molecule has 0 saturated heterocycles. The van der Waals surface area contributed by atoms with Crippen LogP contribution in [0.5, 0.6) is 0 Å². The minimum Gasteiger partial charge on any atom is -0.478 e. The normalized spacial score (nSPS) is 10.8. The summed E-state index contributed by atoms with van der Waals surface area (Å²) < 4.78 is 2.02. The van der Waals surface area contributed by atoms with Gasteiger partial charge in [0.15, 0.2) is 0 Å². The molecular formula is C13H16N4O2S. The first-order valence-corrected chi connectivity index (χ1v) is 7.16. The van der Waals surface area contributed by atoms with Crippen LogP contribution in [0.3, 0.4) is 0 Å². The Labute approximate surface area is 121 Å². The first-order chi connectivity index (χ1) is 9.49.